The predicted molar refractivity (Wildman–Crippen MR) is 114 cm³/mol. The number of rotatable bonds is 5. The van der Waals surface area contributed by atoms with E-state index >= 15 is 0 Å². The average molecular weight is 457 g/mol. The van der Waals surface area contributed by atoms with Gasteiger partial charge in [0.15, 0.2) is 0 Å². The van der Waals surface area contributed by atoms with Crippen molar-refractivity contribution in [3.63, 3.8) is 0 Å². The average Bonchev–Trinajstić information content (AvgIpc) is 2.71. The number of carbonyl (C=O) groups excluding carboxylic acids is 1. The van der Waals surface area contributed by atoms with Crippen molar-refractivity contribution >= 4 is 44.8 Å². The van der Waals surface area contributed by atoms with Crippen LogP contribution in [0.5, 0.6) is 5.75 Å². The molecule has 3 rings (SSSR count). The van der Waals surface area contributed by atoms with Crippen molar-refractivity contribution in [3.8, 4) is 5.75 Å². The number of aryl methyl sites for hydroxylation is 1. The van der Waals surface area contributed by atoms with E-state index in [1.54, 1.807) is 37.3 Å². The van der Waals surface area contributed by atoms with E-state index in [9.17, 15) is 13.2 Å². The summed E-state index contributed by atoms with van der Waals surface area (Å²) in [6, 6.07) is 9.72. The van der Waals surface area contributed by atoms with Crippen molar-refractivity contribution in [3.05, 3.63) is 52.0 Å². The Kier molecular flexibility index (Phi) is 6.73. The summed E-state index contributed by atoms with van der Waals surface area (Å²) in [5.74, 6) is -0.133. The number of piperidine rings is 1. The zero-order valence-electron chi connectivity index (χ0n) is 16.1. The van der Waals surface area contributed by atoms with Crippen molar-refractivity contribution in [2.75, 3.05) is 25.5 Å². The van der Waals surface area contributed by atoms with Crippen LogP contribution in [0.25, 0.3) is 0 Å². The van der Waals surface area contributed by atoms with Gasteiger partial charge in [-0.15, -0.1) is 0 Å². The van der Waals surface area contributed by atoms with Crippen LogP contribution in [-0.2, 0) is 14.8 Å². The van der Waals surface area contributed by atoms with Crippen LogP contribution in [0, 0.1) is 12.8 Å². The second-order valence-electron chi connectivity index (χ2n) is 6.92. The van der Waals surface area contributed by atoms with Crippen molar-refractivity contribution < 1.29 is 17.9 Å². The summed E-state index contributed by atoms with van der Waals surface area (Å²) in [5, 5.41) is 3.36. The standard InChI is InChI=1S/C20H22Cl2N2O4S/c1-13-11-15(8-9-18(13)28-2)29(26,27)24-10-4-5-14(12-24)20(25)23-17-7-3-6-16(21)19(17)22/h3,6-9,11,14H,4-5,10,12H2,1-2H3,(H,23,25)/t14-/m0/s1. The summed E-state index contributed by atoms with van der Waals surface area (Å²) in [5.41, 5.74) is 1.14. The lowest BCUT2D eigenvalue weighted by Gasteiger charge is -2.31. The largest absolute Gasteiger partial charge is 0.496 e. The Morgan fingerprint density at radius 3 is 2.69 bits per heavy atom. The Bertz CT molecular complexity index is 1030. The molecular weight excluding hydrogens is 435 g/mol. The highest BCUT2D eigenvalue weighted by Gasteiger charge is 2.33. The van der Waals surface area contributed by atoms with Crippen molar-refractivity contribution in [2.45, 2.75) is 24.7 Å². The lowest BCUT2D eigenvalue weighted by molar-refractivity contribution is -0.120. The molecule has 1 atom stereocenters. The molecule has 2 aromatic rings. The van der Waals surface area contributed by atoms with E-state index in [1.165, 1.54) is 17.5 Å². The summed E-state index contributed by atoms with van der Waals surface area (Å²) < 4.78 is 32.7. The summed E-state index contributed by atoms with van der Waals surface area (Å²) in [4.78, 5) is 12.9. The Morgan fingerprint density at radius 2 is 2.00 bits per heavy atom. The maximum Gasteiger partial charge on any atom is 0.243 e. The molecule has 0 bridgehead atoms. The van der Waals surface area contributed by atoms with Gasteiger partial charge in [0.05, 0.1) is 33.7 Å². The number of nitrogens with zero attached hydrogens (tertiary/aromatic N) is 1. The maximum absolute atomic E-state index is 13.1. The fraction of sp³-hybridized carbons (Fsp3) is 0.350. The molecular formula is C20H22Cl2N2O4S. The number of benzene rings is 2. The van der Waals surface area contributed by atoms with Crippen LogP contribution >= 0.6 is 23.2 Å². The molecule has 1 aliphatic rings. The lowest BCUT2D eigenvalue weighted by atomic mass is 9.99. The summed E-state index contributed by atoms with van der Waals surface area (Å²) in [6.45, 7) is 2.27. The molecule has 0 saturated carbocycles. The number of nitrogens with one attached hydrogen (secondary N) is 1. The molecule has 0 aromatic heterocycles. The van der Waals surface area contributed by atoms with Gasteiger partial charge >= 0.3 is 0 Å². The molecule has 1 aliphatic heterocycles. The minimum absolute atomic E-state index is 0.109. The fourth-order valence-corrected chi connectivity index (χ4v) is 5.33. The molecule has 1 saturated heterocycles. The Hall–Kier alpha value is -1.80. The van der Waals surface area contributed by atoms with Gasteiger partial charge in [0, 0.05) is 13.1 Å². The number of ether oxygens (including phenoxy) is 1. The first-order valence-corrected chi connectivity index (χ1v) is 11.3. The number of sulfonamides is 1. The number of halogens is 2. The van der Waals surface area contributed by atoms with Gasteiger partial charge in [0.1, 0.15) is 5.75 Å². The Balaban J connectivity index is 1.76. The zero-order valence-corrected chi connectivity index (χ0v) is 18.4. The third kappa shape index (κ3) is 4.69. The first kappa shape index (κ1) is 21.9. The number of carbonyl (C=O) groups is 1. The molecule has 0 radical (unpaired) electrons. The molecule has 1 heterocycles. The van der Waals surface area contributed by atoms with Gasteiger partial charge < -0.3 is 10.1 Å². The van der Waals surface area contributed by atoms with Crippen molar-refractivity contribution in [1.29, 1.82) is 0 Å². The topological polar surface area (TPSA) is 75.7 Å². The first-order valence-electron chi connectivity index (χ1n) is 9.13. The van der Waals surface area contributed by atoms with Crippen molar-refractivity contribution in [1.82, 2.24) is 4.31 Å². The van der Waals surface area contributed by atoms with E-state index in [1.807, 2.05) is 0 Å². The summed E-state index contributed by atoms with van der Waals surface area (Å²) in [6.07, 6.45) is 1.19. The van der Waals surface area contributed by atoms with E-state index < -0.39 is 15.9 Å². The molecule has 1 fully saturated rings. The molecule has 29 heavy (non-hydrogen) atoms. The van der Waals surface area contributed by atoms with E-state index in [2.05, 4.69) is 5.32 Å². The van der Waals surface area contributed by atoms with Gasteiger partial charge in [-0.2, -0.15) is 4.31 Å². The number of hydrogen-bond acceptors (Lipinski definition) is 4. The van der Waals surface area contributed by atoms with Crippen LogP contribution in [0.4, 0.5) is 5.69 Å². The monoisotopic (exact) mass is 456 g/mol. The fourth-order valence-electron chi connectivity index (χ4n) is 3.37. The third-order valence-electron chi connectivity index (χ3n) is 4.97. The molecule has 6 nitrogen and oxygen atoms in total. The zero-order chi connectivity index (χ0) is 21.2. The predicted octanol–water partition coefficient (Wildman–Crippen LogP) is 4.35. The van der Waals surface area contributed by atoms with Gasteiger partial charge in [-0.3, -0.25) is 4.79 Å². The second-order valence-corrected chi connectivity index (χ2v) is 9.65. The summed E-state index contributed by atoms with van der Waals surface area (Å²) in [7, 11) is -2.17. The van der Waals surface area contributed by atoms with Crippen LogP contribution < -0.4 is 10.1 Å². The molecule has 156 valence electrons. The first-order chi connectivity index (χ1) is 13.7. The third-order valence-corrected chi connectivity index (χ3v) is 7.65. The Labute approximate surface area is 180 Å². The minimum Gasteiger partial charge on any atom is -0.496 e. The van der Waals surface area contributed by atoms with Crippen LogP contribution in [0.15, 0.2) is 41.3 Å². The number of hydrogen-bond donors (Lipinski definition) is 1. The van der Waals surface area contributed by atoms with Crippen molar-refractivity contribution in [2.24, 2.45) is 5.92 Å². The van der Waals surface area contributed by atoms with E-state index in [-0.39, 0.29) is 22.4 Å². The van der Waals surface area contributed by atoms with Crippen LogP contribution in [0.2, 0.25) is 10.0 Å². The van der Waals surface area contributed by atoms with Gasteiger partial charge in [0.25, 0.3) is 0 Å². The molecule has 1 amide bonds. The SMILES string of the molecule is COc1ccc(S(=O)(=O)N2CCC[C@H](C(=O)Nc3cccc(Cl)c3Cl)C2)cc1C. The van der Waals surface area contributed by atoms with Gasteiger partial charge in [-0.1, -0.05) is 29.3 Å². The number of methoxy groups -OCH3 is 1. The van der Waals surface area contributed by atoms with Crippen LogP contribution in [-0.4, -0.2) is 38.8 Å². The number of anilines is 1. The summed E-state index contributed by atoms with van der Waals surface area (Å²) >= 11 is 12.1. The highest BCUT2D eigenvalue weighted by Crippen LogP contribution is 2.31. The molecule has 0 spiro atoms. The quantitative estimate of drug-likeness (QED) is 0.725. The Morgan fingerprint density at radius 1 is 1.24 bits per heavy atom. The minimum atomic E-state index is -3.71. The second kappa shape index (κ2) is 8.92. The molecule has 9 heteroatoms. The highest BCUT2D eigenvalue weighted by molar-refractivity contribution is 7.89. The van der Waals surface area contributed by atoms with Crippen LogP contribution in [0.1, 0.15) is 18.4 Å². The van der Waals surface area contributed by atoms with Gasteiger partial charge in [0.2, 0.25) is 15.9 Å². The van der Waals surface area contributed by atoms with E-state index in [0.717, 1.165) is 5.56 Å². The normalized spacial score (nSPS) is 17.7. The smallest absolute Gasteiger partial charge is 0.243 e. The van der Waals surface area contributed by atoms with E-state index in [0.29, 0.717) is 35.8 Å². The molecule has 2 aromatic carbocycles. The molecule has 1 N–H and O–H groups in total. The van der Waals surface area contributed by atoms with Crippen LogP contribution in [0.3, 0.4) is 0 Å². The van der Waals surface area contributed by atoms with Gasteiger partial charge in [-0.25, -0.2) is 8.42 Å². The van der Waals surface area contributed by atoms with Gasteiger partial charge in [-0.05, 0) is 55.7 Å². The van der Waals surface area contributed by atoms with E-state index in [4.69, 9.17) is 27.9 Å². The number of amides is 1. The lowest BCUT2D eigenvalue weighted by Crippen LogP contribution is -2.43. The molecule has 0 unspecified atom stereocenters. The maximum atomic E-state index is 13.1. The highest BCUT2D eigenvalue weighted by atomic mass is 35.5. The molecule has 0 aliphatic carbocycles.